The van der Waals surface area contributed by atoms with Crippen LogP contribution in [0.2, 0.25) is 0 Å². The highest BCUT2D eigenvalue weighted by molar-refractivity contribution is 5.89. The molecule has 1 aliphatic heterocycles. The average molecular weight is 330 g/mol. The SMILES string of the molecule is CN1C[C@@H](C(=O)N[C@@H](c2ccccc2F)c2nccn2C)CC1=O. The van der Waals surface area contributed by atoms with E-state index in [4.69, 9.17) is 0 Å². The summed E-state index contributed by atoms with van der Waals surface area (Å²) in [5, 5.41) is 2.86. The minimum absolute atomic E-state index is 0.0606. The van der Waals surface area contributed by atoms with Crippen LogP contribution in [0, 0.1) is 11.7 Å². The number of aryl methyl sites for hydroxylation is 1. The van der Waals surface area contributed by atoms with E-state index in [0.29, 0.717) is 17.9 Å². The standard InChI is InChI=1S/C17H19FN4O2/c1-21-8-7-19-16(21)15(12-5-3-4-6-13(12)18)20-17(24)11-9-14(23)22(2)10-11/h3-8,11,15H,9-10H2,1-2H3,(H,20,24)/t11-,15-/m0/s1. The van der Waals surface area contributed by atoms with E-state index in [-0.39, 0.29) is 18.2 Å². The molecule has 0 unspecified atom stereocenters. The molecule has 2 atom stereocenters. The number of carbonyl (C=O) groups excluding carboxylic acids is 2. The van der Waals surface area contributed by atoms with Gasteiger partial charge in [0.25, 0.3) is 0 Å². The Balaban J connectivity index is 1.89. The summed E-state index contributed by atoms with van der Waals surface area (Å²) in [6.45, 7) is 0.370. The van der Waals surface area contributed by atoms with Crippen LogP contribution in [0.4, 0.5) is 4.39 Å². The first-order chi connectivity index (χ1) is 11.5. The molecule has 1 N–H and O–H groups in total. The van der Waals surface area contributed by atoms with Crippen LogP contribution in [-0.2, 0) is 16.6 Å². The minimum atomic E-state index is -0.709. The molecule has 24 heavy (non-hydrogen) atoms. The lowest BCUT2D eigenvalue weighted by atomic mass is 10.0. The van der Waals surface area contributed by atoms with Gasteiger partial charge in [-0.05, 0) is 6.07 Å². The number of benzene rings is 1. The van der Waals surface area contributed by atoms with Gasteiger partial charge in [-0.2, -0.15) is 0 Å². The Morgan fingerprint density at radius 2 is 2.12 bits per heavy atom. The number of halogens is 1. The zero-order valence-corrected chi connectivity index (χ0v) is 13.6. The maximum Gasteiger partial charge on any atom is 0.226 e. The summed E-state index contributed by atoms with van der Waals surface area (Å²) in [7, 11) is 3.46. The molecular formula is C17H19FN4O2. The number of nitrogens with zero attached hydrogens (tertiary/aromatic N) is 3. The summed E-state index contributed by atoms with van der Waals surface area (Å²) in [4.78, 5) is 30.0. The molecule has 0 radical (unpaired) electrons. The first-order valence-corrected chi connectivity index (χ1v) is 7.73. The highest BCUT2D eigenvalue weighted by Crippen LogP contribution is 2.25. The van der Waals surface area contributed by atoms with Crippen molar-refractivity contribution in [3.8, 4) is 0 Å². The first kappa shape index (κ1) is 16.2. The molecule has 2 aromatic rings. The maximum absolute atomic E-state index is 14.3. The lowest BCUT2D eigenvalue weighted by Gasteiger charge is -2.21. The summed E-state index contributed by atoms with van der Waals surface area (Å²) >= 11 is 0. The number of carbonyl (C=O) groups is 2. The predicted octanol–water partition coefficient (Wildman–Crippen LogP) is 1.24. The van der Waals surface area contributed by atoms with Crippen molar-refractivity contribution < 1.29 is 14.0 Å². The van der Waals surface area contributed by atoms with Gasteiger partial charge in [0.1, 0.15) is 17.7 Å². The number of nitrogens with one attached hydrogen (secondary N) is 1. The smallest absolute Gasteiger partial charge is 0.226 e. The maximum atomic E-state index is 14.3. The zero-order valence-electron chi connectivity index (χ0n) is 13.6. The van der Waals surface area contributed by atoms with Gasteiger partial charge in [-0.25, -0.2) is 9.37 Å². The van der Waals surface area contributed by atoms with Crippen LogP contribution < -0.4 is 5.32 Å². The lowest BCUT2D eigenvalue weighted by Crippen LogP contribution is -2.37. The molecule has 1 aliphatic rings. The highest BCUT2D eigenvalue weighted by Gasteiger charge is 2.34. The predicted molar refractivity (Wildman–Crippen MR) is 85.3 cm³/mol. The average Bonchev–Trinajstić information content (AvgIpc) is 3.12. The van der Waals surface area contributed by atoms with Crippen LogP contribution in [0.1, 0.15) is 23.9 Å². The van der Waals surface area contributed by atoms with E-state index in [1.807, 2.05) is 0 Å². The number of hydrogen-bond donors (Lipinski definition) is 1. The van der Waals surface area contributed by atoms with Crippen molar-refractivity contribution in [3.05, 3.63) is 53.9 Å². The number of aromatic nitrogens is 2. The summed E-state index contributed by atoms with van der Waals surface area (Å²) in [6, 6.07) is 5.58. The Kier molecular flexibility index (Phi) is 4.33. The fourth-order valence-corrected chi connectivity index (χ4v) is 2.95. The highest BCUT2D eigenvalue weighted by atomic mass is 19.1. The Morgan fingerprint density at radius 1 is 1.38 bits per heavy atom. The van der Waals surface area contributed by atoms with E-state index >= 15 is 0 Å². The summed E-state index contributed by atoms with van der Waals surface area (Å²) in [6.07, 6.45) is 3.51. The van der Waals surface area contributed by atoms with E-state index in [1.165, 1.54) is 11.0 Å². The molecule has 7 heteroatoms. The quantitative estimate of drug-likeness (QED) is 0.917. The summed E-state index contributed by atoms with van der Waals surface area (Å²) in [5.74, 6) is -0.646. The van der Waals surface area contributed by atoms with Crippen molar-refractivity contribution in [1.82, 2.24) is 19.8 Å². The van der Waals surface area contributed by atoms with Crippen LogP contribution in [0.3, 0.4) is 0 Å². The molecule has 1 aromatic carbocycles. The Hall–Kier alpha value is -2.70. The topological polar surface area (TPSA) is 67.2 Å². The molecule has 0 bridgehead atoms. The second-order valence-electron chi connectivity index (χ2n) is 6.03. The zero-order chi connectivity index (χ0) is 17.3. The van der Waals surface area contributed by atoms with Gasteiger partial charge in [-0.1, -0.05) is 18.2 Å². The van der Waals surface area contributed by atoms with Gasteiger partial charge >= 0.3 is 0 Å². The first-order valence-electron chi connectivity index (χ1n) is 7.73. The lowest BCUT2D eigenvalue weighted by molar-refractivity contribution is -0.128. The Labute approximate surface area is 139 Å². The van der Waals surface area contributed by atoms with Gasteiger partial charge in [0, 0.05) is 45.0 Å². The van der Waals surface area contributed by atoms with Crippen LogP contribution in [0.5, 0.6) is 0 Å². The number of rotatable bonds is 4. The van der Waals surface area contributed by atoms with Crippen LogP contribution in [0.15, 0.2) is 36.7 Å². The molecule has 2 heterocycles. The third-order valence-electron chi connectivity index (χ3n) is 4.33. The second-order valence-corrected chi connectivity index (χ2v) is 6.03. The minimum Gasteiger partial charge on any atom is -0.345 e. The van der Waals surface area contributed by atoms with Crippen LogP contribution >= 0.6 is 0 Å². The second kappa shape index (κ2) is 6.43. The molecule has 3 rings (SSSR count). The molecule has 126 valence electrons. The number of amides is 2. The van der Waals surface area contributed by atoms with Gasteiger partial charge in [-0.15, -0.1) is 0 Å². The van der Waals surface area contributed by atoms with Gasteiger partial charge in [0.05, 0.1) is 5.92 Å². The Morgan fingerprint density at radius 3 is 2.71 bits per heavy atom. The largest absolute Gasteiger partial charge is 0.345 e. The Bertz CT molecular complexity index is 773. The molecular weight excluding hydrogens is 311 g/mol. The van der Waals surface area contributed by atoms with Crippen LogP contribution in [0.25, 0.3) is 0 Å². The molecule has 1 fully saturated rings. The van der Waals surface area contributed by atoms with Crippen molar-refractivity contribution in [3.63, 3.8) is 0 Å². The molecule has 1 saturated heterocycles. The monoisotopic (exact) mass is 330 g/mol. The molecule has 2 amide bonds. The van der Waals surface area contributed by atoms with Gasteiger partial charge in [-0.3, -0.25) is 9.59 Å². The number of imidazole rings is 1. The van der Waals surface area contributed by atoms with Crippen molar-refractivity contribution in [2.24, 2.45) is 13.0 Å². The van der Waals surface area contributed by atoms with E-state index in [9.17, 15) is 14.0 Å². The number of hydrogen-bond acceptors (Lipinski definition) is 3. The van der Waals surface area contributed by atoms with Crippen molar-refractivity contribution in [2.75, 3.05) is 13.6 Å². The third kappa shape index (κ3) is 3.02. The molecule has 6 nitrogen and oxygen atoms in total. The molecule has 0 saturated carbocycles. The normalized spacial score (nSPS) is 18.7. The molecule has 0 aliphatic carbocycles. The summed E-state index contributed by atoms with van der Waals surface area (Å²) < 4.78 is 16.0. The van der Waals surface area contributed by atoms with E-state index in [2.05, 4.69) is 10.3 Å². The fourth-order valence-electron chi connectivity index (χ4n) is 2.95. The third-order valence-corrected chi connectivity index (χ3v) is 4.33. The number of likely N-dealkylation sites (tertiary alicyclic amines) is 1. The van der Waals surface area contributed by atoms with Crippen molar-refractivity contribution in [1.29, 1.82) is 0 Å². The van der Waals surface area contributed by atoms with Gasteiger partial charge in [0.2, 0.25) is 11.8 Å². The van der Waals surface area contributed by atoms with E-state index in [1.54, 1.807) is 49.3 Å². The van der Waals surface area contributed by atoms with Gasteiger partial charge in [0.15, 0.2) is 0 Å². The summed E-state index contributed by atoms with van der Waals surface area (Å²) in [5.41, 5.74) is 0.345. The van der Waals surface area contributed by atoms with E-state index in [0.717, 1.165) is 0 Å². The van der Waals surface area contributed by atoms with Crippen LogP contribution in [-0.4, -0.2) is 39.9 Å². The van der Waals surface area contributed by atoms with E-state index < -0.39 is 17.8 Å². The molecule has 0 spiro atoms. The van der Waals surface area contributed by atoms with Crippen molar-refractivity contribution >= 4 is 11.8 Å². The molecule has 1 aromatic heterocycles. The fraction of sp³-hybridized carbons (Fsp3) is 0.353. The van der Waals surface area contributed by atoms with Crippen molar-refractivity contribution in [2.45, 2.75) is 12.5 Å². The van der Waals surface area contributed by atoms with Gasteiger partial charge < -0.3 is 14.8 Å².